The second-order valence-corrected chi connectivity index (χ2v) is 5.68. The molecule has 4 rings (SSSR count). The van der Waals surface area contributed by atoms with E-state index in [4.69, 9.17) is 0 Å². The minimum atomic E-state index is 0.211. The van der Waals surface area contributed by atoms with E-state index in [1.54, 1.807) is 36.9 Å². The van der Waals surface area contributed by atoms with Gasteiger partial charge in [-0.15, -0.1) is 0 Å². The minimum absolute atomic E-state index is 0.211. The molecule has 1 saturated carbocycles. The van der Waals surface area contributed by atoms with Gasteiger partial charge in [-0.05, 0) is 25.0 Å². The van der Waals surface area contributed by atoms with E-state index in [9.17, 15) is 5.11 Å². The summed E-state index contributed by atoms with van der Waals surface area (Å²) in [7, 11) is 0. The summed E-state index contributed by atoms with van der Waals surface area (Å²) in [6.45, 7) is 0. The fraction of sp³-hybridized carbons (Fsp3) is 0.312. The third-order valence-corrected chi connectivity index (χ3v) is 4.11. The van der Waals surface area contributed by atoms with Gasteiger partial charge in [0, 0.05) is 12.1 Å². The van der Waals surface area contributed by atoms with Crippen LogP contribution in [0.3, 0.4) is 0 Å². The largest absolute Gasteiger partial charge is 0.508 e. The Balaban J connectivity index is 1.70. The van der Waals surface area contributed by atoms with E-state index in [1.165, 1.54) is 25.7 Å². The normalized spacial score (nSPS) is 15.5. The number of benzene rings is 1. The van der Waals surface area contributed by atoms with Crippen LogP contribution in [0, 0.1) is 0 Å². The Labute approximate surface area is 127 Å². The highest BCUT2D eigenvalue weighted by Crippen LogP contribution is 2.23. The Morgan fingerprint density at radius 2 is 2.05 bits per heavy atom. The van der Waals surface area contributed by atoms with Gasteiger partial charge in [-0.1, -0.05) is 12.8 Å². The standard InChI is InChI=1S/C16H17N5O/c22-12-5-6-13-14(7-12)21(10-18-13)16-9-17-8-15(20-16)19-11-3-1-2-4-11/h5-11,22H,1-4H2,(H,19,20). The summed E-state index contributed by atoms with van der Waals surface area (Å²) >= 11 is 0. The van der Waals surface area contributed by atoms with Gasteiger partial charge in [0.2, 0.25) is 0 Å². The predicted octanol–water partition coefficient (Wildman–Crippen LogP) is 2.88. The molecule has 2 N–H and O–H groups in total. The number of hydrogen-bond acceptors (Lipinski definition) is 5. The van der Waals surface area contributed by atoms with Gasteiger partial charge in [0.1, 0.15) is 17.9 Å². The second kappa shape index (κ2) is 5.29. The molecule has 0 spiro atoms. The van der Waals surface area contributed by atoms with Crippen LogP contribution in [0.25, 0.3) is 16.9 Å². The predicted molar refractivity (Wildman–Crippen MR) is 84.2 cm³/mol. The van der Waals surface area contributed by atoms with Gasteiger partial charge < -0.3 is 10.4 Å². The Bertz CT molecular complexity index is 807. The quantitative estimate of drug-likeness (QED) is 0.777. The lowest BCUT2D eigenvalue weighted by Gasteiger charge is -2.13. The molecule has 2 heterocycles. The van der Waals surface area contributed by atoms with E-state index in [1.807, 2.05) is 4.57 Å². The maximum atomic E-state index is 9.67. The molecule has 0 aliphatic heterocycles. The average molecular weight is 295 g/mol. The summed E-state index contributed by atoms with van der Waals surface area (Å²) in [6.07, 6.45) is 10.1. The van der Waals surface area contributed by atoms with E-state index < -0.39 is 0 Å². The van der Waals surface area contributed by atoms with E-state index in [0.717, 1.165) is 16.9 Å². The molecule has 0 saturated heterocycles. The highest BCUT2D eigenvalue weighted by molar-refractivity contribution is 5.78. The lowest BCUT2D eigenvalue weighted by Crippen LogP contribution is -2.16. The van der Waals surface area contributed by atoms with Crippen molar-refractivity contribution in [3.8, 4) is 11.6 Å². The van der Waals surface area contributed by atoms with Crippen molar-refractivity contribution >= 4 is 16.9 Å². The maximum absolute atomic E-state index is 9.67. The van der Waals surface area contributed by atoms with Gasteiger partial charge in [-0.2, -0.15) is 0 Å². The molecule has 3 aromatic rings. The van der Waals surface area contributed by atoms with E-state index in [0.29, 0.717) is 11.9 Å². The zero-order valence-electron chi connectivity index (χ0n) is 12.1. The summed E-state index contributed by atoms with van der Waals surface area (Å²) in [5.41, 5.74) is 1.63. The fourth-order valence-electron chi connectivity index (χ4n) is 3.00. The van der Waals surface area contributed by atoms with Crippen molar-refractivity contribution in [3.05, 3.63) is 36.9 Å². The van der Waals surface area contributed by atoms with Crippen molar-refractivity contribution < 1.29 is 5.11 Å². The summed E-state index contributed by atoms with van der Waals surface area (Å²) < 4.78 is 1.84. The van der Waals surface area contributed by atoms with Crippen molar-refractivity contribution in [2.24, 2.45) is 0 Å². The molecule has 1 fully saturated rings. The molecule has 6 nitrogen and oxygen atoms in total. The topological polar surface area (TPSA) is 75.9 Å². The number of hydrogen-bond donors (Lipinski definition) is 2. The van der Waals surface area contributed by atoms with Gasteiger partial charge in [0.15, 0.2) is 5.82 Å². The summed E-state index contributed by atoms with van der Waals surface area (Å²) in [4.78, 5) is 13.2. The Morgan fingerprint density at radius 3 is 2.91 bits per heavy atom. The van der Waals surface area contributed by atoms with Crippen LogP contribution in [0.15, 0.2) is 36.9 Å². The molecule has 0 atom stereocenters. The highest BCUT2D eigenvalue weighted by atomic mass is 16.3. The average Bonchev–Trinajstić information content (AvgIpc) is 3.16. The first-order valence-electron chi connectivity index (χ1n) is 7.54. The Kier molecular flexibility index (Phi) is 3.14. The lowest BCUT2D eigenvalue weighted by atomic mass is 10.2. The molecule has 2 aromatic heterocycles. The van der Waals surface area contributed by atoms with Gasteiger partial charge in [0.05, 0.1) is 23.4 Å². The van der Waals surface area contributed by atoms with Crippen molar-refractivity contribution in [3.63, 3.8) is 0 Å². The van der Waals surface area contributed by atoms with Gasteiger partial charge >= 0.3 is 0 Å². The Hall–Kier alpha value is -2.63. The molecule has 0 amide bonds. The van der Waals surface area contributed by atoms with Crippen LogP contribution in [0.2, 0.25) is 0 Å². The third kappa shape index (κ3) is 2.36. The molecule has 1 aliphatic carbocycles. The van der Waals surface area contributed by atoms with Gasteiger partial charge in [-0.3, -0.25) is 9.55 Å². The van der Waals surface area contributed by atoms with Crippen molar-refractivity contribution in [1.82, 2.24) is 19.5 Å². The number of phenols is 1. The van der Waals surface area contributed by atoms with E-state index in [2.05, 4.69) is 20.3 Å². The molecular weight excluding hydrogens is 278 g/mol. The summed E-state index contributed by atoms with van der Waals surface area (Å²) in [5, 5.41) is 13.1. The molecule has 0 bridgehead atoms. The first kappa shape index (κ1) is 13.1. The first-order valence-corrected chi connectivity index (χ1v) is 7.54. The number of imidazole rings is 1. The highest BCUT2D eigenvalue weighted by Gasteiger charge is 2.15. The number of nitrogens with one attached hydrogen (secondary N) is 1. The summed E-state index contributed by atoms with van der Waals surface area (Å²) in [6, 6.07) is 5.59. The molecule has 1 aromatic carbocycles. The van der Waals surface area contributed by atoms with Crippen LogP contribution in [-0.4, -0.2) is 30.7 Å². The van der Waals surface area contributed by atoms with Crippen LogP contribution in [0.5, 0.6) is 5.75 Å². The number of fused-ring (bicyclic) bond motifs is 1. The van der Waals surface area contributed by atoms with Crippen molar-refractivity contribution in [2.45, 2.75) is 31.7 Å². The number of nitrogens with zero attached hydrogens (tertiary/aromatic N) is 4. The zero-order chi connectivity index (χ0) is 14.9. The third-order valence-electron chi connectivity index (χ3n) is 4.11. The fourth-order valence-corrected chi connectivity index (χ4v) is 3.00. The second-order valence-electron chi connectivity index (χ2n) is 5.68. The monoisotopic (exact) mass is 295 g/mol. The molecule has 112 valence electrons. The number of anilines is 1. The van der Waals surface area contributed by atoms with Crippen molar-refractivity contribution in [1.29, 1.82) is 0 Å². The molecular formula is C16H17N5O. The molecule has 6 heteroatoms. The molecule has 1 aliphatic rings. The number of aromatic nitrogens is 4. The van der Waals surface area contributed by atoms with Crippen LogP contribution < -0.4 is 5.32 Å². The van der Waals surface area contributed by atoms with Crippen LogP contribution in [0.1, 0.15) is 25.7 Å². The molecule has 22 heavy (non-hydrogen) atoms. The smallest absolute Gasteiger partial charge is 0.159 e. The molecule has 0 unspecified atom stereocenters. The number of phenolic OH excluding ortho intramolecular Hbond substituents is 1. The van der Waals surface area contributed by atoms with Gasteiger partial charge in [-0.25, -0.2) is 9.97 Å². The Morgan fingerprint density at radius 1 is 1.18 bits per heavy atom. The van der Waals surface area contributed by atoms with Crippen LogP contribution in [-0.2, 0) is 0 Å². The number of rotatable bonds is 3. The van der Waals surface area contributed by atoms with Crippen molar-refractivity contribution in [2.75, 3.05) is 5.32 Å². The van der Waals surface area contributed by atoms with E-state index in [-0.39, 0.29) is 5.75 Å². The zero-order valence-corrected chi connectivity index (χ0v) is 12.1. The minimum Gasteiger partial charge on any atom is -0.508 e. The van der Waals surface area contributed by atoms with Gasteiger partial charge in [0.25, 0.3) is 0 Å². The van der Waals surface area contributed by atoms with Crippen LogP contribution in [0.4, 0.5) is 5.82 Å². The lowest BCUT2D eigenvalue weighted by molar-refractivity contribution is 0.476. The summed E-state index contributed by atoms with van der Waals surface area (Å²) in [5.74, 6) is 1.69. The SMILES string of the molecule is Oc1ccc2ncn(-c3cncc(NC4CCCC4)n3)c2c1. The first-order chi connectivity index (χ1) is 10.8. The number of aromatic hydroxyl groups is 1. The maximum Gasteiger partial charge on any atom is 0.159 e. The van der Waals surface area contributed by atoms with Crippen LogP contribution >= 0.6 is 0 Å². The van der Waals surface area contributed by atoms with E-state index >= 15 is 0 Å². The molecule has 0 radical (unpaired) electrons.